The Hall–Kier alpha value is -3.71. The van der Waals surface area contributed by atoms with Crippen LogP contribution in [0.25, 0.3) is 20.8 Å². The highest BCUT2D eigenvalue weighted by atomic mass is 32.1. The van der Waals surface area contributed by atoms with Crippen LogP contribution in [0.1, 0.15) is 18.4 Å². The maximum absolute atomic E-state index is 12.5. The van der Waals surface area contributed by atoms with E-state index in [1.54, 1.807) is 11.3 Å². The number of carbonyl (C=O) groups is 2. The number of benzene rings is 3. The first-order valence-electron chi connectivity index (χ1n) is 10.4. The minimum absolute atomic E-state index is 0.113. The molecule has 0 spiro atoms. The molecule has 32 heavy (non-hydrogen) atoms. The van der Waals surface area contributed by atoms with Gasteiger partial charge in [0.05, 0.1) is 15.9 Å². The summed E-state index contributed by atoms with van der Waals surface area (Å²) in [5, 5.41) is 6.51. The summed E-state index contributed by atoms with van der Waals surface area (Å²) in [6.45, 7) is 0.580. The molecule has 4 aromatic rings. The molecule has 0 aliphatic heterocycles. The maximum Gasteiger partial charge on any atom is 0.407 e. The van der Waals surface area contributed by atoms with E-state index in [1.807, 2.05) is 78.9 Å². The molecule has 0 saturated heterocycles. The molecular weight excluding hydrogens is 422 g/mol. The van der Waals surface area contributed by atoms with Crippen molar-refractivity contribution in [3.05, 3.63) is 84.4 Å². The zero-order chi connectivity index (χ0) is 22.2. The van der Waals surface area contributed by atoms with Gasteiger partial charge in [0.25, 0.3) is 0 Å². The molecule has 0 fully saturated rings. The summed E-state index contributed by atoms with van der Waals surface area (Å²) in [6, 6.07) is 25.1. The lowest BCUT2D eigenvalue weighted by Crippen LogP contribution is -2.26. The lowest BCUT2D eigenvalue weighted by atomic mass is 10.1. The fourth-order valence-corrected chi connectivity index (χ4v) is 4.20. The number of hydrogen-bond acceptors (Lipinski definition) is 5. The van der Waals surface area contributed by atoms with E-state index in [4.69, 9.17) is 9.72 Å². The molecule has 7 heteroatoms. The molecular formula is C25H23N3O3S. The van der Waals surface area contributed by atoms with Gasteiger partial charge in [0.2, 0.25) is 5.91 Å². The molecule has 162 valence electrons. The highest BCUT2D eigenvalue weighted by Gasteiger charge is 2.12. The molecule has 2 N–H and O–H groups in total. The molecule has 0 saturated carbocycles. The minimum Gasteiger partial charge on any atom is -0.445 e. The number of para-hydroxylation sites is 2. The second kappa shape index (κ2) is 10.5. The van der Waals surface area contributed by atoms with Crippen LogP contribution in [-0.2, 0) is 16.1 Å². The number of amides is 2. The fraction of sp³-hybridized carbons (Fsp3) is 0.160. The Kier molecular flexibility index (Phi) is 7.09. The molecule has 3 aromatic carbocycles. The van der Waals surface area contributed by atoms with Crippen molar-refractivity contribution >= 4 is 39.2 Å². The first-order valence-corrected chi connectivity index (χ1v) is 11.2. The molecule has 0 aliphatic carbocycles. The van der Waals surface area contributed by atoms with Crippen molar-refractivity contribution in [3.63, 3.8) is 0 Å². The zero-order valence-corrected chi connectivity index (χ0v) is 18.2. The van der Waals surface area contributed by atoms with Gasteiger partial charge in [-0.1, -0.05) is 54.6 Å². The van der Waals surface area contributed by atoms with Gasteiger partial charge in [-0.05, 0) is 36.2 Å². The lowest BCUT2D eigenvalue weighted by Gasteiger charge is -2.10. The Morgan fingerprint density at radius 1 is 0.906 bits per heavy atom. The average Bonchev–Trinajstić information content (AvgIpc) is 3.26. The van der Waals surface area contributed by atoms with E-state index in [0.29, 0.717) is 13.0 Å². The molecule has 4 rings (SSSR count). The summed E-state index contributed by atoms with van der Waals surface area (Å²) in [5.41, 5.74) is 3.49. The summed E-state index contributed by atoms with van der Waals surface area (Å²) in [4.78, 5) is 28.9. The Labute approximate surface area is 190 Å². The van der Waals surface area contributed by atoms with E-state index in [2.05, 4.69) is 10.6 Å². The van der Waals surface area contributed by atoms with Crippen LogP contribution in [0.5, 0.6) is 0 Å². The topological polar surface area (TPSA) is 80.3 Å². The van der Waals surface area contributed by atoms with Crippen molar-refractivity contribution in [2.24, 2.45) is 0 Å². The number of carbonyl (C=O) groups excluding carboxylic acids is 2. The molecule has 1 heterocycles. The van der Waals surface area contributed by atoms with Gasteiger partial charge in [0.15, 0.2) is 0 Å². The number of nitrogens with zero attached hydrogens (tertiary/aromatic N) is 1. The summed E-state index contributed by atoms with van der Waals surface area (Å²) < 4.78 is 6.27. The number of aromatic nitrogens is 1. The Bertz CT molecular complexity index is 1170. The third kappa shape index (κ3) is 5.70. The number of rotatable bonds is 8. The molecule has 0 bridgehead atoms. The number of fused-ring (bicyclic) bond motifs is 1. The molecule has 0 aliphatic rings. The van der Waals surface area contributed by atoms with Gasteiger partial charge in [-0.15, -0.1) is 11.3 Å². The zero-order valence-electron chi connectivity index (χ0n) is 17.4. The van der Waals surface area contributed by atoms with Gasteiger partial charge >= 0.3 is 6.09 Å². The maximum atomic E-state index is 12.5. The van der Waals surface area contributed by atoms with Crippen molar-refractivity contribution in [3.8, 4) is 10.6 Å². The van der Waals surface area contributed by atoms with Crippen LogP contribution >= 0.6 is 11.3 Å². The normalized spacial score (nSPS) is 10.6. The van der Waals surface area contributed by atoms with E-state index in [1.165, 1.54) is 0 Å². The summed E-state index contributed by atoms with van der Waals surface area (Å²) in [6.07, 6.45) is 0.304. The number of ether oxygens (including phenoxy) is 1. The van der Waals surface area contributed by atoms with Crippen LogP contribution in [0, 0.1) is 0 Å². The van der Waals surface area contributed by atoms with Gasteiger partial charge in [-0.3, -0.25) is 4.79 Å². The van der Waals surface area contributed by atoms with Crippen molar-refractivity contribution in [1.29, 1.82) is 0 Å². The van der Waals surface area contributed by atoms with Gasteiger partial charge in [0.1, 0.15) is 11.6 Å². The van der Waals surface area contributed by atoms with Gasteiger partial charge in [0, 0.05) is 18.5 Å². The predicted octanol–water partition coefficient (Wildman–Crippen LogP) is 5.61. The molecule has 0 radical (unpaired) electrons. The van der Waals surface area contributed by atoms with Crippen LogP contribution in [-0.4, -0.2) is 23.5 Å². The number of nitrogens with one attached hydrogen (secondary N) is 2. The van der Waals surface area contributed by atoms with Crippen molar-refractivity contribution in [1.82, 2.24) is 10.3 Å². The van der Waals surface area contributed by atoms with E-state index in [-0.39, 0.29) is 18.9 Å². The van der Waals surface area contributed by atoms with Crippen molar-refractivity contribution in [2.45, 2.75) is 19.4 Å². The average molecular weight is 446 g/mol. The molecule has 0 atom stereocenters. The summed E-state index contributed by atoms with van der Waals surface area (Å²) >= 11 is 1.60. The van der Waals surface area contributed by atoms with Crippen LogP contribution < -0.4 is 10.6 Å². The number of anilines is 1. The standard InChI is InChI=1S/C25H23N3O3S/c29-23(15-8-16-26-25(30)31-17-18-9-2-1-3-10-18)27-20-12-5-4-11-19(20)24-28-21-13-6-7-14-22(21)32-24/h1-7,9-14H,8,15-17H2,(H,26,30)(H,27,29). The van der Waals surface area contributed by atoms with Crippen LogP contribution in [0.4, 0.5) is 10.5 Å². The van der Waals surface area contributed by atoms with Crippen LogP contribution in [0.3, 0.4) is 0 Å². The minimum atomic E-state index is -0.490. The van der Waals surface area contributed by atoms with Gasteiger partial charge in [-0.2, -0.15) is 0 Å². The second-order valence-corrected chi connectivity index (χ2v) is 8.20. The van der Waals surface area contributed by atoms with Gasteiger partial charge < -0.3 is 15.4 Å². The lowest BCUT2D eigenvalue weighted by molar-refractivity contribution is -0.116. The SMILES string of the molecule is O=C(CCCNC(=O)OCc1ccccc1)Nc1ccccc1-c1nc2ccccc2s1. The number of hydrogen-bond donors (Lipinski definition) is 2. The second-order valence-electron chi connectivity index (χ2n) is 7.17. The van der Waals surface area contributed by atoms with E-state index in [9.17, 15) is 9.59 Å². The summed E-state index contributed by atoms with van der Waals surface area (Å²) in [5.74, 6) is -0.113. The summed E-state index contributed by atoms with van der Waals surface area (Å²) in [7, 11) is 0. The van der Waals surface area contributed by atoms with E-state index < -0.39 is 6.09 Å². The monoisotopic (exact) mass is 445 g/mol. The molecule has 1 aromatic heterocycles. The van der Waals surface area contributed by atoms with Crippen molar-refractivity contribution in [2.75, 3.05) is 11.9 Å². The quantitative estimate of drug-likeness (QED) is 0.346. The Balaban J connectivity index is 1.25. The molecule has 0 unspecified atom stereocenters. The first kappa shape index (κ1) is 21.5. The predicted molar refractivity (Wildman–Crippen MR) is 128 cm³/mol. The third-order valence-corrected chi connectivity index (χ3v) is 5.86. The highest BCUT2D eigenvalue weighted by molar-refractivity contribution is 7.21. The fourth-order valence-electron chi connectivity index (χ4n) is 3.19. The van der Waals surface area contributed by atoms with E-state index in [0.717, 1.165) is 32.0 Å². The Morgan fingerprint density at radius 2 is 1.66 bits per heavy atom. The van der Waals surface area contributed by atoms with Crippen LogP contribution in [0.2, 0.25) is 0 Å². The number of alkyl carbamates (subject to hydrolysis) is 1. The van der Waals surface area contributed by atoms with Crippen LogP contribution in [0.15, 0.2) is 78.9 Å². The van der Waals surface area contributed by atoms with Crippen molar-refractivity contribution < 1.29 is 14.3 Å². The van der Waals surface area contributed by atoms with E-state index >= 15 is 0 Å². The smallest absolute Gasteiger partial charge is 0.407 e. The molecule has 6 nitrogen and oxygen atoms in total. The Morgan fingerprint density at radius 3 is 2.50 bits per heavy atom. The molecule has 2 amide bonds. The highest BCUT2D eigenvalue weighted by Crippen LogP contribution is 2.34. The first-order chi connectivity index (χ1) is 15.7. The largest absolute Gasteiger partial charge is 0.445 e. The number of thiazole rings is 1. The van der Waals surface area contributed by atoms with Gasteiger partial charge in [-0.25, -0.2) is 9.78 Å². The third-order valence-electron chi connectivity index (χ3n) is 4.79.